The molecule has 1 aliphatic heterocycles. The van der Waals surface area contributed by atoms with Gasteiger partial charge in [0.25, 0.3) is 5.91 Å². The van der Waals surface area contributed by atoms with Gasteiger partial charge in [-0.3, -0.25) is 4.79 Å². The Morgan fingerprint density at radius 3 is 2.78 bits per heavy atom. The first-order chi connectivity index (χ1) is 17.7. The van der Waals surface area contributed by atoms with Gasteiger partial charge in [0.15, 0.2) is 11.5 Å². The van der Waals surface area contributed by atoms with Gasteiger partial charge in [-0.05, 0) is 62.1 Å². The van der Waals surface area contributed by atoms with Crippen LogP contribution in [-0.2, 0) is 0 Å². The summed E-state index contributed by atoms with van der Waals surface area (Å²) in [5.41, 5.74) is 6.46. The molecule has 1 fully saturated rings. The van der Waals surface area contributed by atoms with Crippen LogP contribution in [0.2, 0.25) is 0 Å². The van der Waals surface area contributed by atoms with E-state index in [-0.39, 0.29) is 5.91 Å². The fourth-order valence-corrected chi connectivity index (χ4v) is 5.19. The van der Waals surface area contributed by atoms with Crippen molar-refractivity contribution in [2.75, 3.05) is 13.1 Å². The standard InChI is InChI=1S/C28H25N7O/c1-17-25-21(15-23(19-7-8-19)32-27(25)35(33-17)24-6-2-3-11-29-24)28(36)34-13-9-18(10-14-34)22-16-31-26-20(22)5-4-12-30-26/h2-6,9,11-12,15-16,19H,7-8,10,13-14H2,1H3,(H,30,31). The highest BCUT2D eigenvalue weighted by molar-refractivity contribution is 6.07. The minimum Gasteiger partial charge on any atom is -0.346 e. The molecule has 2 aliphatic rings. The summed E-state index contributed by atoms with van der Waals surface area (Å²) in [6.07, 6.45) is 10.7. The highest BCUT2D eigenvalue weighted by Gasteiger charge is 2.31. The fraction of sp³-hybridized carbons (Fsp3) is 0.250. The van der Waals surface area contributed by atoms with Gasteiger partial charge in [-0.1, -0.05) is 12.1 Å². The van der Waals surface area contributed by atoms with Crippen molar-refractivity contribution >= 4 is 33.5 Å². The fourth-order valence-electron chi connectivity index (χ4n) is 5.19. The van der Waals surface area contributed by atoms with Crippen molar-refractivity contribution in [1.82, 2.24) is 34.6 Å². The number of amides is 1. The number of rotatable bonds is 4. The molecule has 0 bridgehead atoms. The third kappa shape index (κ3) is 3.40. The largest absolute Gasteiger partial charge is 0.346 e. The Morgan fingerprint density at radius 1 is 1.11 bits per heavy atom. The Labute approximate surface area is 207 Å². The number of fused-ring (bicyclic) bond motifs is 2. The highest BCUT2D eigenvalue weighted by Crippen LogP contribution is 2.41. The molecule has 1 amide bonds. The van der Waals surface area contributed by atoms with E-state index in [4.69, 9.17) is 10.1 Å². The van der Waals surface area contributed by atoms with Crippen molar-refractivity contribution in [3.8, 4) is 5.82 Å². The van der Waals surface area contributed by atoms with E-state index < -0.39 is 0 Å². The van der Waals surface area contributed by atoms with Gasteiger partial charge in [-0.15, -0.1) is 0 Å². The Bertz CT molecular complexity index is 1660. The second kappa shape index (κ2) is 8.12. The van der Waals surface area contributed by atoms with Crippen molar-refractivity contribution < 1.29 is 4.79 Å². The molecule has 6 heterocycles. The van der Waals surface area contributed by atoms with Gasteiger partial charge in [0.1, 0.15) is 5.65 Å². The molecule has 0 unspecified atom stereocenters. The maximum atomic E-state index is 13.9. The third-order valence-corrected chi connectivity index (χ3v) is 7.22. The molecule has 0 atom stereocenters. The average Bonchev–Trinajstić information content (AvgIpc) is 3.61. The maximum absolute atomic E-state index is 13.9. The number of aromatic amines is 1. The number of aryl methyl sites for hydroxylation is 1. The normalized spacial score (nSPS) is 16.0. The SMILES string of the molecule is Cc1nn(-c2ccccn2)c2nc(C3CC3)cc(C(=O)N3CC=C(c4c[nH]c5ncccc45)CC3)c12. The predicted octanol–water partition coefficient (Wildman–Crippen LogP) is 4.81. The van der Waals surface area contributed by atoms with Crippen molar-refractivity contribution in [2.45, 2.75) is 32.1 Å². The second-order valence-corrected chi connectivity index (χ2v) is 9.59. The number of hydrogen-bond donors (Lipinski definition) is 1. The van der Waals surface area contributed by atoms with Crippen molar-refractivity contribution in [3.05, 3.63) is 83.6 Å². The topological polar surface area (TPSA) is 92.6 Å². The Balaban J connectivity index is 1.26. The molecular weight excluding hydrogens is 450 g/mol. The minimum absolute atomic E-state index is 0.0314. The molecule has 1 N–H and O–H groups in total. The molecule has 0 radical (unpaired) electrons. The van der Waals surface area contributed by atoms with Crippen LogP contribution in [-0.4, -0.2) is 53.6 Å². The van der Waals surface area contributed by atoms with Crippen LogP contribution < -0.4 is 0 Å². The van der Waals surface area contributed by atoms with E-state index in [1.54, 1.807) is 17.1 Å². The smallest absolute Gasteiger partial charge is 0.255 e. The maximum Gasteiger partial charge on any atom is 0.255 e. The van der Waals surface area contributed by atoms with Crippen LogP contribution in [0.25, 0.3) is 33.5 Å². The molecule has 0 saturated heterocycles. The van der Waals surface area contributed by atoms with Crippen LogP contribution in [0, 0.1) is 6.92 Å². The molecule has 1 aliphatic carbocycles. The Kier molecular flexibility index (Phi) is 4.73. The quantitative estimate of drug-likeness (QED) is 0.403. The molecule has 7 rings (SSSR count). The number of H-pyrrole nitrogens is 1. The average molecular weight is 476 g/mol. The van der Waals surface area contributed by atoms with E-state index in [0.29, 0.717) is 36.0 Å². The van der Waals surface area contributed by atoms with Crippen LogP contribution in [0.15, 0.2) is 61.1 Å². The van der Waals surface area contributed by atoms with E-state index in [1.165, 1.54) is 11.1 Å². The molecule has 8 nitrogen and oxygen atoms in total. The van der Waals surface area contributed by atoms with Crippen molar-refractivity contribution in [1.29, 1.82) is 0 Å². The molecule has 1 saturated carbocycles. The number of pyridine rings is 3. The minimum atomic E-state index is 0.0314. The lowest BCUT2D eigenvalue weighted by Crippen LogP contribution is -2.35. The molecular formula is C28H25N7O. The summed E-state index contributed by atoms with van der Waals surface area (Å²) in [6, 6.07) is 11.8. The summed E-state index contributed by atoms with van der Waals surface area (Å²) in [4.78, 5) is 32.9. The van der Waals surface area contributed by atoms with Crippen LogP contribution in [0.4, 0.5) is 0 Å². The van der Waals surface area contributed by atoms with E-state index in [2.05, 4.69) is 27.1 Å². The summed E-state index contributed by atoms with van der Waals surface area (Å²) in [7, 11) is 0. The number of hydrogen-bond acceptors (Lipinski definition) is 5. The number of aromatic nitrogens is 6. The van der Waals surface area contributed by atoms with E-state index >= 15 is 0 Å². The monoisotopic (exact) mass is 475 g/mol. The lowest BCUT2D eigenvalue weighted by Gasteiger charge is -2.27. The lowest BCUT2D eigenvalue weighted by atomic mass is 9.98. The summed E-state index contributed by atoms with van der Waals surface area (Å²) < 4.78 is 1.77. The zero-order chi connectivity index (χ0) is 24.2. The third-order valence-electron chi connectivity index (χ3n) is 7.22. The zero-order valence-corrected chi connectivity index (χ0v) is 20.0. The van der Waals surface area contributed by atoms with Gasteiger partial charge in [-0.2, -0.15) is 9.78 Å². The van der Waals surface area contributed by atoms with Gasteiger partial charge in [0.2, 0.25) is 0 Å². The molecule has 8 heteroatoms. The van der Waals surface area contributed by atoms with Gasteiger partial charge in [0, 0.05) is 54.2 Å². The summed E-state index contributed by atoms with van der Waals surface area (Å²) in [6.45, 7) is 3.17. The molecule has 0 spiro atoms. The number of nitrogens with one attached hydrogen (secondary N) is 1. The first kappa shape index (κ1) is 21.0. The van der Waals surface area contributed by atoms with Crippen LogP contribution in [0.5, 0.6) is 0 Å². The molecule has 5 aromatic rings. The first-order valence-corrected chi connectivity index (χ1v) is 12.4. The molecule has 178 valence electrons. The predicted molar refractivity (Wildman–Crippen MR) is 138 cm³/mol. The van der Waals surface area contributed by atoms with Gasteiger partial charge in [-0.25, -0.2) is 15.0 Å². The van der Waals surface area contributed by atoms with Crippen molar-refractivity contribution in [2.24, 2.45) is 0 Å². The number of nitrogens with zero attached hydrogens (tertiary/aromatic N) is 6. The van der Waals surface area contributed by atoms with Crippen LogP contribution in [0.1, 0.15) is 52.5 Å². The Morgan fingerprint density at radius 2 is 2.00 bits per heavy atom. The van der Waals surface area contributed by atoms with E-state index in [1.807, 2.05) is 48.4 Å². The Hall–Kier alpha value is -4.33. The zero-order valence-electron chi connectivity index (χ0n) is 20.0. The van der Waals surface area contributed by atoms with E-state index in [9.17, 15) is 4.79 Å². The lowest BCUT2D eigenvalue weighted by molar-refractivity contribution is 0.0774. The van der Waals surface area contributed by atoms with Crippen LogP contribution >= 0.6 is 0 Å². The number of carbonyl (C=O) groups excluding carboxylic acids is 1. The highest BCUT2D eigenvalue weighted by atomic mass is 16.2. The van der Waals surface area contributed by atoms with Gasteiger partial charge >= 0.3 is 0 Å². The second-order valence-electron chi connectivity index (χ2n) is 9.59. The molecule has 5 aromatic heterocycles. The first-order valence-electron chi connectivity index (χ1n) is 12.4. The molecule has 36 heavy (non-hydrogen) atoms. The number of carbonyl (C=O) groups is 1. The van der Waals surface area contributed by atoms with Gasteiger partial charge in [0.05, 0.1) is 16.6 Å². The van der Waals surface area contributed by atoms with Crippen molar-refractivity contribution in [3.63, 3.8) is 0 Å². The van der Waals surface area contributed by atoms with Gasteiger partial charge < -0.3 is 9.88 Å². The molecule has 0 aromatic carbocycles. The van der Waals surface area contributed by atoms with Crippen LogP contribution in [0.3, 0.4) is 0 Å². The summed E-state index contributed by atoms with van der Waals surface area (Å²) in [5, 5.41) is 6.67. The summed E-state index contributed by atoms with van der Waals surface area (Å²) >= 11 is 0. The summed E-state index contributed by atoms with van der Waals surface area (Å²) in [5.74, 6) is 1.15. The van der Waals surface area contributed by atoms with E-state index in [0.717, 1.165) is 47.1 Å².